The number of likely N-dealkylation sites (tertiary alicyclic amines) is 1. The minimum atomic E-state index is -4.83. The van der Waals surface area contributed by atoms with E-state index in [0.717, 1.165) is 23.2 Å². The normalized spacial score (nSPS) is 14.9. The number of amides is 1. The first-order valence-corrected chi connectivity index (χ1v) is 11.2. The Balaban J connectivity index is 1.32. The molecule has 1 saturated heterocycles. The number of aromatic nitrogens is 5. The zero-order valence-corrected chi connectivity index (χ0v) is 19.1. The Hall–Kier alpha value is -4.09. The molecular formula is C24H21F4N7O. The summed E-state index contributed by atoms with van der Waals surface area (Å²) in [5.41, 5.74) is 0.237. The zero-order valence-electron chi connectivity index (χ0n) is 19.1. The van der Waals surface area contributed by atoms with Gasteiger partial charge in [0.25, 0.3) is 5.91 Å². The number of hydrogen-bond donors (Lipinski definition) is 1. The number of carbonyl (C=O) groups excluding carboxylic acids is 1. The van der Waals surface area contributed by atoms with Crippen molar-refractivity contribution in [3.05, 3.63) is 65.7 Å². The number of nitrogens with zero attached hydrogens (tertiary/aromatic N) is 6. The van der Waals surface area contributed by atoms with Crippen LogP contribution >= 0.6 is 0 Å². The second-order valence-corrected chi connectivity index (χ2v) is 8.54. The third kappa shape index (κ3) is 4.45. The van der Waals surface area contributed by atoms with Gasteiger partial charge in [-0.05, 0) is 49.2 Å². The maximum Gasteiger partial charge on any atom is 0.417 e. The smallest absolute Gasteiger partial charge is 0.364 e. The first-order chi connectivity index (χ1) is 17.2. The van der Waals surface area contributed by atoms with Crippen LogP contribution in [0.25, 0.3) is 22.3 Å². The number of piperidine rings is 1. The summed E-state index contributed by atoms with van der Waals surface area (Å²) in [6.07, 6.45) is -0.544. The Bertz CT molecular complexity index is 1430. The Morgan fingerprint density at radius 1 is 1.08 bits per heavy atom. The molecule has 12 heteroatoms. The van der Waals surface area contributed by atoms with Crippen molar-refractivity contribution in [1.29, 1.82) is 0 Å². The fraction of sp³-hybridized carbons (Fsp3) is 0.292. The van der Waals surface area contributed by atoms with Crippen molar-refractivity contribution < 1.29 is 22.4 Å². The van der Waals surface area contributed by atoms with Gasteiger partial charge in [-0.3, -0.25) is 14.5 Å². The number of halogens is 4. The average Bonchev–Trinajstić information content (AvgIpc) is 3.29. The largest absolute Gasteiger partial charge is 0.417 e. The van der Waals surface area contributed by atoms with E-state index >= 15 is 0 Å². The Morgan fingerprint density at radius 2 is 1.86 bits per heavy atom. The number of nitrogens with one attached hydrogen (secondary N) is 1. The monoisotopic (exact) mass is 499 g/mol. The lowest BCUT2D eigenvalue weighted by Gasteiger charge is -2.33. The van der Waals surface area contributed by atoms with Crippen LogP contribution in [0.1, 0.15) is 28.8 Å². The number of fused-ring (bicyclic) bond motifs is 1. The van der Waals surface area contributed by atoms with Crippen LogP contribution in [0.3, 0.4) is 0 Å². The topological polar surface area (TPSA) is 88.8 Å². The molecule has 4 aromatic rings. The third-order valence-corrected chi connectivity index (χ3v) is 6.24. The summed E-state index contributed by atoms with van der Waals surface area (Å²) in [5.74, 6) is -1.33. The lowest BCUT2D eigenvalue weighted by molar-refractivity contribution is -0.138. The summed E-state index contributed by atoms with van der Waals surface area (Å²) >= 11 is 0. The van der Waals surface area contributed by atoms with E-state index < -0.39 is 29.0 Å². The molecule has 0 radical (unpaired) electrons. The summed E-state index contributed by atoms with van der Waals surface area (Å²) < 4.78 is 55.2. The fourth-order valence-corrected chi connectivity index (χ4v) is 4.41. The number of anilines is 1. The number of hydrogen-bond acceptors (Lipinski definition) is 6. The van der Waals surface area contributed by atoms with Crippen molar-refractivity contribution in [2.24, 2.45) is 7.05 Å². The summed E-state index contributed by atoms with van der Waals surface area (Å²) in [4.78, 5) is 18.7. The van der Waals surface area contributed by atoms with Crippen LogP contribution < -0.4 is 5.32 Å². The van der Waals surface area contributed by atoms with E-state index in [1.165, 1.54) is 4.90 Å². The maximum atomic E-state index is 13.4. The van der Waals surface area contributed by atoms with Gasteiger partial charge < -0.3 is 10.2 Å². The Morgan fingerprint density at radius 3 is 2.56 bits per heavy atom. The van der Waals surface area contributed by atoms with Crippen LogP contribution in [0.4, 0.5) is 23.4 Å². The number of carbonyl (C=O) groups is 1. The second-order valence-electron chi connectivity index (χ2n) is 8.54. The van der Waals surface area contributed by atoms with E-state index in [9.17, 15) is 22.4 Å². The molecule has 1 aromatic carbocycles. The van der Waals surface area contributed by atoms with Crippen molar-refractivity contribution in [2.45, 2.75) is 25.1 Å². The molecule has 0 atom stereocenters. The van der Waals surface area contributed by atoms with Gasteiger partial charge in [-0.25, -0.2) is 4.39 Å². The van der Waals surface area contributed by atoms with E-state index in [0.29, 0.717) is 35.9 Å². The molecule has 0 unspecified atom stereocenters. The summed E-state index contributed by atoms with van der Waals surface area (Å²) in [6.45, 7) is 0.466. The van der Waals surface area contributed by atoms with Gasteiger partial charge in [0, 0.05) is 44.0 Å². The third-order valence-electron chi connectivity index (χ3n) is 6.24. The van der Waals surface area contributed by atoms with Crippen molar-refractivity contribution in [1.82, 2.24) is 29.9 Å². The van der Waals surface area contributed by atoms with Gasteiger partial charge in [0.05, 0.1) is 16.8 Å². The number of benzene rings is 1. The highest BCUT2D eigenvalue weighted by molar-refractivity contribution is 5.97. The molecule has 1 fully saturated rings. The summed E-state index contributed by atoms with van der Waals surface area (Å²) in [5, 5.41) is 17.0. The van der Waals surface area contributed by atoms with E-state index in [1.54, 1.807) is 17.1 Å². The molecule has 186 valence electrons. The van der Waals surface area contributed by atoms with Crippen LogP contribution in [-0.2, 0) is 13.2 Å². The van der Waals surface area contributed by atoms with Gasteiger partial charge in [0.15, 0.2) is 5.82 Å². The van der Waals surface area contributed by atoms with E-state index in [2.05, 4.69) is 25.6 Å². The van der Waals surface area contributed by atoms with E-state index in [-0.39, 0.29) is 19.1 Å². The van der Waals surface area contributed by atoms with Gasteiger partial charge >= 0.3 is 6.18 Å². The summed E-state index contributed by atoms with van der Waals surface area (Å²) in [6, 6.07) is 7.56. The molecule has 1 aliphatic heterocycles. The molecule has 1 N–H and O–H groups in total. The first-order valence-electron chi connectivity index (χ1n) is 11.2. The number of aryl methyl sites for hydroxylation is 1. The predicted octanol–water partition coefficient (Wildman–Crippen LogP) is 4.30. The zero-order chi connectivity index (χ0) is 25.4. The van der Waals surface area contributed by atoms with Crippen molar-refractivity contribution in [3.63, 3.8) is 0 Å². The van der Waals surface area contributed by atoms with Crippen LogP contribution in [-0.4, -0.2) is 54.9 Å². The first kappa shape index (κ1) is 23.6. The standard InChI is InChI=1S/C24H21F4N7O/c1-34-19(6-10-30-34)20-17-3-2-9-29-21(17)22(33-32-20)31-15-7-11-35(12-8-15)23(36)16-5-4-14(25)13-18(16)24(26,27)28/h2-6,9-10,13,15H,7-8,11-12H2,1H3,(H,31,33). The lowest BCUT2D eigenvalue weighted by Crippen LogP contribution is -2.43. The fourth-order valence-electron chi connectivity index (χ4n) is 4.41. The molecule has 3 aromatic heterocycles. The minimum absolute atomic E-state index is 0.0913. The highest BCUT2D eigenvalue weighted by Crippen LogP contribution is 2.34. The van der Waals surface area contributed by atoms with Gasteiger partial charge in [-0.15, -0.1) is 10.2 Å². The average molecular weight is 499 g/mol. The Kier molecular flexibility index (Phi) is 6.02. The van der Waals surface area contributed by atoms with Gasteiger partial charge in [0.1, 0.15) is 17.0 Å². The quantitative estimate of drug-likeness (QED) is 0.422. The maximum absolute atomic E-state index is 13.4. The molecule has 0 saturated carbocycles. The number of pyridine rings is 1. The van der Waals surface area contributed by atoms with Crippen LogP contribution in [0, 0.1) is 5.82 Å². The molecule has 36 heavy (non-hydrogen) atoms. The second kappa shape index (κ2) is 9.17. The highest BCUT2D eigenvalue weighted by Gasteiger charge is 2.37. The predicted molar refractivity (Wildman–Crippen MR) is 123 cm³/mol. The van der Waals surface area contributed by atoms with Crippen LogP contribution in [0.15, 0.2) is 48.8 Å². The number of alkyl halides is 3. The summed E-state index contributed by atoms with van der Waals surface area (Å²) in [7, 11) is 1.81. The van der Waals surface area contributed by atoms with Gasteiger partial charge in [-0.1, -0.05) is 0 Å². The molecule has 8 nitrogen and oxygen atoms in total. The van der Waals surface area contributed by atoms with Gasteiger partial charge in [0.2, 0.25) is 0 Å². The number of rotatable bonds is 4. The molecule has 1 aliphatic rings. The van der Waals surface area contributed by atoms with Crippen LogP contribution in [0.5, 0.6) is 0 Å². The van der Waals surface area contributed by atoms with Crippen molar-refractivity contribution in [2.75, 3.05) is 18.4 Å². The van der Waals surface area contributed by atoms with E-state index in [1.807, 2.05) is 25.2 Å². The molecule has 0 spiro atoms. The Labute approximate surface area is 203 Å². The molecule has 1 amide bonds. The molecule has 4 heterocycles. The van der Waals surface area contributed by atoms with Crippen molar-refractivity contribution >= 4 is 22.6 Å². The SMILES string of the molecule is Cn1nccc1-c1nnc(NC2CCN(C(=O)c3ccc(F)cc3C(F)(F)F)CC2)c2ncccc12. The lowest BCUT2D eigenvalue weighted by atomic mass is 10.0. The highest BCUT2D eigenvalue weighted by atomic mass is 19.4. The van der Waals surface area contributed by atoms with Crippen LogP contribution in [0.2, 0.25) is 0 Å². The molecule has 5 rings (SSSR count). The van der Waals surface area contributed by atoms with Crippen molar-refractivity contribution in [3.8, 4) is 11.4 Å². The molecule has 0 bridgehead atoms. The minimum Gasteiger partial charge on any atom is -0.364 e. The van der Waals surface area contributed by atoms with Gasteiger partial charge in [-0.2, -0.15) is 18.3 Å². The van der Waals surface area contributed by atoms with E-state index in [4.69, 9.17) is 0 Å². The molecular weight excluding hydrogens is 478 g/mol. The molecule has 0 aliphatic carbocycles.